The molecule has 0 unspecified atom stereocenters. The van der Waals surface area contributed by atoms with E-state index in [0.717, 1.165) is 12.1 Å². The second-order valence-corrected chi connectivity index (χ2v) is 7.06. The Labute approximate surface area is 169 Å². The van der Waals surface area contributed by atoms with Gasteiger partial charge >= 0.3 is 0 Å². The van der Waals surface area contributed by atoms with Crippen LogP contribution in [0.15, 0.2) is 52.9 Å². The van der Waals surface area contributed by atoms with Crippen LogP contribution in [-0.2, 0) is 6.54 Å². The van der Waals surface area contributed by atoms with Crippen molar-refractivity contribution >= 4 is 23.2 Å². The van der Waals surface area contributed by atoms with Crippen molar-refractivity contribution < 1.29 is 9.21 Å². The normalized spacial score (nSPS) is 10.7. The predicted molar refractivity (Wildman–Crippen MR) is 111 cm³/mol. The largest absolute Gasteiger partial charge is 0.419 e. The van der Waals surface area contributed by atoms with Crippen molar-refractivity contribution in [3.63, 3.8) is 0 Å². The van der Waals surface area contributed by atoms with Gasteiger partial charge in [0.25, 0.3) is 5.91 Å². The standard InChI is InChI=1S/C21H23ClN4O2/c1-4-12-26(21(27)15-8-7-9-16(13-15)25(2)3)14-19-23-24-20(28-19)17-10-5-6-11-18(17)22/h5-11,13H,4,12,14H2,1-3H3. The Hall–Kier alpha value is -2.86. The lowest BCUT2D eigenvalue weighted by atomic mass is 10.1. The van der Waals surface area contributed by atoms with Gasteiger partial charge in [0.05, 0.1) is 17.1 Å². The van der Waals surface area contributed by atoms with Gasteiger partial charge < -0.3 is 14.2 Å². The molecule has 0 aliphatic rings. The van der Waals surface area contributed by atoms with Gasteiger partial charge in [-0.05, 0) is 36.8 Å². The molecule has 2 aromatic carbocycles. The summed E-state index contributed by atoms with van der Waals surface area (Å²) in [7, 11) is 3.89. The van der Waals surface area contributed by atoms with Crippen LogP contribution >= 0.6 is 11.6 Å². The quantitative estimate of drug-likeness (QED) is 0.586. The fourth-order valence-corrected chi connectivity index (χ4v) is 3.06. The van der Waals surface area contributed by atoms with Crippen LogP contribution in [0.4, 0.5) is 5.69 Å². The van der Waals surface area contributed by atoms with Crippen LogP contribution in [0, 0.1) is 0 Å². The predicted octanol–water partition coefficient (Wildman–Crippen LogP) is 4.51. The summed E-state index contributed by atoms with van der Waals surface area (Å²) in [4.78, 5) is 16.7. The summed E-state index contributed by atoms with van der Waals surface area (Å²) >= 11 is 6.20. The molecule has 0 saturated carbocycles. The van der Waals surface area contributed by atoms with Crippen molar-refractivity contribution in [3.05, 3.63) is 65.0 Å². The molecule has 7 heteroatoms. The van der Waals surface area contributed by atoms with E-state index < -0.39 is 0 Å². The van der Waals surface area contributed by atoms with Crippen molar-refractivity contribution in [2.24, 2.45) is 0 Å². The minimum Gasteiger partial charge on any atom is -0.419 e. The third kappa shape index (κ3) is 4.51. The second-order valence-electron chi connectivity index (χ2n) is 6.65. The van der Waals surface area contributed by atoms with E-state index in [1.54, 1.807) is 11.0 Å². The van der Waals surface area contributed by atoms with Crippen LogP contribution in [0.5, 0.6) is 0 Å². The van der Waals surface area contributed by atoms with Crippen molar-refractivity contribution in [2.75, 3.05) is 25.5 Å². The molecule has 28 heavy (non-hydrogen) atoms. The van der Waals surface area contributed by atoms with E-state index >= 15 is 0 Å². The zero-order valence-electron chi connectivity index (χ0n) is 16.2. The second kappa shape index (κ2) is 8.89. The van der Waals surface area contributed by atoms with Gasteiger partial charge in [0.1, 0.15) is 0 Å². The highest BCUT2D eigenvalue weighted by Crippen LogP contribution is 2.26. The topological polar surface area (TPSA) is 62.5 Å². The molecule has 1 amide bonds. The van der Waals surface area contributed by atoms with Crippen LogP contribution in [0.1, 0.15) is 29.6 Å². The van der Waals surface area contributed by atoms with Crippen molar-refractivity contribution in [2.45, 2.75) is 19.9 Å². The van der Waals surface area contributed by atoms with Gasteiger partial charge in [-0.3, -0.25) is 4.79 Å². The maximum Gasteiger partial charge on any atom is 0.254 e. The summed E-state index contributed by atoms with van der Waals surface area (Å²) < 4.78 is 5.77. The van der Waals surface area contributed by atoms with Gasteiger partial charge in [-0.15, -0.1) is 10.2 Å². The Balaban J connectivity index is 1.81. The van der Waals surface area contributed by atoms with E-state index in [2.05, 4.69) is 10.2 Å². The van der Waals surface area contributed by atoms with Gasteiger partial charge in [-0.1, -0.05) is 36.7 Å². The number of halogens is 1. The molecule has 0 saturated heterocycles. The number of amides is 1. The molecule has 1 aromatic heterocycles. The number of aromatic nitrogens is 2. The first-order valence-corrected chi connectivity index (χ1v) is 9.51. The first-order valence-electron chi connectivity index (χ1n) is 9.13. The molecule has 146 valence electrons. The summed E-state index contributed by atoms with van der Waals surface area (Å²) in [5, 5.41) is 8.73. The lowest BCUT2D eigenvalue weighted by Gasteiger charge is -2.21. The number of rotatable bonds is 7. The van der Waals surface area contributed by atoms with E-state index in [1.165, 1.54) is 0 Å². The summed E-state index contributed by atoms with van der Waals surface area (Å²) in [6.07, 6.45) is 0.824. The van der Waals surface area contributed by atoms with Crippen molar-refractivity contribution in [1.29, 1.82) is 0 Å². The Morgan fingerprint density at radius 2 is 1.89 bits per heavy atom. The first kappa shape index (κ1) is 19.9. The maximum absolute atomic E-state index is 13.0. The number of hydrogen-bond acceptors (Lipinski definition) is 5. The summed E-state index contributed by atoms with van der Waals surface area (Å²) in [6, 6.07) is 14.8. The van der Waals surface area contributed by atoms with Crippen molar-refractivity contribution in [1.82, 2.24) is 15.1 Å². The Morgan fingerprint density at radius 3 is 2.61 bits per heavy atom. The van der Waals surface area contributed by atoms with Crippen LogP contribution in [-0.4, -0.2) is 41.6 Å². The third-order valence-electron chi connectivity index (χ3n) is 4.29. The molecule has 0 atom stereocenters. The summed E-state index contributed by atoms with van der Waals surface area (Å²) in [5.74, 6) is 0.655. The molecule has 1 heterocycles. The molecule has 0 radical (unpaired) electrons. The van der Waals surface area contributed by atoms with Crippen LogP contribution in [0.2, 0.25) is 5.02 Å². The van der Waals surface area contributed by atoms with Gasteiger partial charge in [-0.25, -0.2) is 0 Å². The smallest absolute Gasteiger partial charge is 0.254 e. The maximum atomic E-state index is 13.0. The molecule has 3 rings (SSSR count). The van der Waals surface area contributed by atoms with E-state index in [1.807, 2.05) is 68.4 Å². The number of carbonyl (C=O) groups excluding carboxylic acids is 1. The number of nitrogens with zero attached hydrogens (tertiary/aromatic N) is 4. The zero-order valence-corrected chi connectivity index (χ0v) is 17.0. The van der Waals surface area contributed by atoms with Crippen LogP contribution in [0.25, 0.3) is 11.5 Å². The highest BCUT2D eigenvalue weighted by molar-refractivity contribution is 6.33. The van der Waals surface area contributed by atoms with Gasteiger partial charge in [0.15, 0.2) is 0 Å². The molecular formula is C21H23ClN4O2. The molecular weight excluding hydrogens is 376 g/mol. The lowest BCUT2D eigenvalue weighted by Crippen LogP contribution is -2.31. The van der Waals surface area contributed by atoms with Crippen LogP contribution in [0.3, 0.4) is 0 Å². The highest BCUT2D eigenvalue weighted by atomic mass is 35.5. The minimum absolute atomic E-state index is 0.0666. The number of anilines is 1. The summed E-state index contributed by atoms with van der Waals surface area (Å²) in [5.41, 5.74) is 2.28. The van der Waals surface area contributed by atoms with Crippen LogP contribution < -0.4 is 4.90 Å². The summed E-state index contributed by atoms with van der Waals surface area (Å²) in [6.45, 7) is 2.87. The minimum atomic E-state index is -0.0666. The van der Waals surface area contributed by atoms with Gasteiger partial charge in [0.2, 0.25) is 11.8 Å². The van der Waals surface area contributed by atoms with E-state index in [9.17, 15) is 4.79 Å². The average Bonchev–Trinajstić information content (AvgIpc) is 3.16. The number of benzene rings is 2. The first-order chi connectivity index (χ1) is 13.5. The monoisotopic (exact) mass is 398 g/mol. The van der Waals surface area contributed by atoms with E-state index in [-0.39, 0.29) is 12.5 Å². The number of carbonyl (C=O) groups is 1. The van der Waals surface area contributed by atoms with E-state index in [4.69, 9.17) is 16.0 Å². The molecule has 0 fully saturated rings. The van der Waals surface area contributed by atoms with Gasteiger partial charge in [-0.2, -0.15) is 0 Å². The van der Waals surface area contributed by atoms with Gasteiger partial charge in [0, 0.05) is 31.9 Å². The fraction of sp³-hybridized carbons (Fsp3) is 0.286. The fourth-order valence-electron chi connectivity index (χ4n) is 2.85. The lowest BCUT2D eigenvalue weighted by molar-refractivity contribution is 0.0728. The highest BCUT2D eigenvalue weighted by Gasteiger charge is 2.20. The third-order valence-corrected chi connectivity index (χ3v) is 4.62. The molecule has 3 aromatic rings. The Bertz CT molecular complexity index is 955. The molecule has 0 bridgehead atoms. The van der Waals surface area contributed by atoms with E-state index in [0.29, 0.717) is 34.5 Å². The Morgan fingerprint density at radius 1 is 1.11 bits per heavy atom. The molecule has 0 aliphatic heterocycles. The zero-order chi connectivity index (χ0) is 20.1. The molecule has 0 spiro atoms. The molecule has 6 nitrogen and oxygen atoms in total. The number of hydrogen-bond donors (Lipinski definition) is 0. The Kier molecular flexibility index (Phi) is 6.31. The molecule has 0 aliphatic carbocycles. The SMILES string of the molecule is CCCN(Cc1nnc(-c2ccccc2Cl)o1)C(=O)c1cccc(N(C)C)c1. The van der Waals surface area contributed by atoms with Crippen molar-refractivity contribution in [3.8, 4) is 11.5 Å². The molecule has 0 N–H and O–H groups in total. The average molecular weight is 399 g/mol.